The fourth-order valence-corrected chi connectivity index (χ4v) is 3.12. The smallest absolute Gasteiger partial charge is 0.147 e. The summed E-state index contributed by atoms with van der Waals surface area (Å²) in [6.07, 6.45) is 4.88. The van der Waals surface area contributed by atoms with Gasteiger partial charge >= 0.3 is 0 Å². The van der Waals surface area contributed by atoms with Gasteiger partial charge in [0, 0.05) is 10.5 Å². The van der Waals surface area contributed by atoms with Crippen molar-refractivity contribution in [2.75, 3.05) is 5.32 Å². The fraction of sp³-hybridized carbons (Fsp3) is 0.600. The van der Waals surface area contributed by atoms with Gasteiger partial charge in [-0.05, 0) is 42.9 Å². The molecule has 0 radical (unpaired) electrons. The predicted octanol–water partition coefficient (Wildman–Crippen LogP) is 5.21. The first-order chi connectivity index (χ1) is 8.56. The van der Waals surface area contributed by atoms with E-state index in [4.69, 9.17) is 0 Å². The Labute approximate surface area is 117 Å². The number of halogens is 2. The summed E-state index contributed by atoms with van der Waals surface area (Å²) < 4.78 is 14.6. The van der Waals surface area contributed by atoms with Gasteiger partial charge in [-0.3, -0.25) is 0 Å². The Balaban J connectivity index is 2.00. The molecule has 0 spiro atoms. The Hall–Kier alpha value is -0.570. The molecule has 2 rings (SSSR count). The standard InChI is InChI=1S/C15H21BrFN/c1-10(2)11-4-3-5-13(8-11)18-15-7-6-12(16)9-14(15)17/h6-7,9-11,13,18H,3-5,8H2,1-2H3. The summed E-state index contributed by atoms with van der Waals surface area (Å²) in [6.45, 7) is 4.57. The van der Waals surface area contributed by atoms with Gasteiger partial charge in [0.05, 0.1) is 5.69 Å². The first kappa shape index (κ1) is 13.9. The minimum atomic E-state index is -0.170. The summed E-state index contributed by atoms with van der Waals surface area (Å²) in [7, 11) is 0. The number of nitrogens with one attached hydrogen (secondary N) is 1. The molecule has 1 N–H and O–H groups in total. The van der Waals surface area contributed by atoms with Crippen LogP contribution in [0.5, 0.6) is 0 Å². The number of benzene rings is 1. The highest BCUT2D eigenvalue weighted by Gasteiger charge is 2.24. The maximum atomic E-state index is 13.8. The molecule has 1 fully saturated rings. The largest absolute Gasteiger partial charge is 0.380 e. The molecule has 100 valence electrons. The average molecular weight is 314 g/mol. The summed E-state index contributed by atoms with van der Waals surface area (Å²) in [6, 6.07) is 5.64. The van der Waals surface area contributed by atoms with E-state index in [1.54, 1.807) is 0 Å². The zero-order valence-electron chi connectivity index (χ0n) is 11.0. The maximum Gasteiger partial charge on any atom is 0.147 e. The zero-order chi connectivity index (χ0) is 13.1. The minimum absolute atomic E-state index is 0.170. The lowest BCUT2D eigenvalue weighted by Gasteiger charge is -2.32. The van der Waals surface area contributed by atoms with E-state index < -0.39 is 0 Å². The summed E-state index contributed by atoms with van der Waals surface area (Å²) in [5, 5.41) is 3.37. The van der Waals surface area contributed by atoms with Crippen molar-refractivity contribution in [3.8, 4) is 0 Å². The van der Waals surface area contributed by atoms with Crippen LogP contribution in [-0.4, -0.2) is 6.04 Å². The van der Waals surface area contributed by atoms with E-state index in [0.29, 0.717) is 11.7 Å². The van der Waals surface area contributed by atoms with E-state index >= 15 is 0 Å². The van der Waals surface area contributed by atoms with Crippen molar-refractivity contribution in [1.29, 1.82) is 0 Å². The van der Waals surface area contributed by atoms with Crippen LogP contribution in [0.1, 0.15) is 39.5 Å². The highest BCUT2D eigenvalue weighted by Crippen LogP contribution is 2.32. The number of anilines is 1. The van der Waals surface area contributed by atoms with Crippen LogP contribution in [0, 0.1) is 17.7 Å². The highest BCUT2D eigenvalue weighted by molar-refractivity contribution is 9.10. The third-order valence-corrected chi connectivity index (χ3v) is 4.44. The highest BCUT2D eigenvalue weighted by atomic mass is 79.9. The number of hydrogen-bond donors (Lipinski definition) is 1. The van der Waals surface area contributed by atoms with Crippen LogP contribution in [0.2, 0.25) is 0 Å². The summed E-state index contributed by atoms with van der Waals surface area (Å²) in [5.41, 5.74) is 0.632. The topological polar surface area (TPSA) is 12.0 Å². The first-order valence-electron chi connectivity index (χ1n) is 6.78. The van der Waals surface area contributed by atoms with E-state index in [2.05, 4.69) is 35.1 Å². The Kier molecular flexibility index (Phi) is 4.66. The first-order valence-corrected chi connectivity index (χ1v) is 7.57. The molecule has 1 aromatic carbocycles. The van der Waals surface area contributed by atoms with Gasteiger partial charge < -0.3 is 5.32 Å². The van der Waals surface area contributed by atoms with Crippen molar-refractivity contribution in [1.82, 2.24) is 0 Å². The summed E-state index contributed by atoms with van der Waals surface area (Å²) >= 11 is 3.28. The van der Waals surface area contributed by atoms with Crippen molar-refractivity contribution < 1.29 is 4.39 Å². The quantitative estimate of drug-likeness (QED) is 0.807. The Bertz CT molecular complexity index is 405. The molecule has 0 bridgehead atoms. The molecule has 0 heterocycles. The molecule has 1 saturated carbocycles. The third kappa shape index (κ3) is 3.47. The zero-order valence-corrected chi connectivity index (χ0v) is 12.6. The maximum absolute atomic E-state index is 13.8. The molecule has 2 unspecified atom stereocenters. The second kappa shape index (κ2) is 6.05. The van der Waals surface area contributed by atoms with Gasteiger partial charge in [-0.25, -0.2) is 4.39 Å². The van der Waals surface area contributed by atoms with Crippen LogP contribution >= 0.6 is 15.9 Å². The molecule has 0 aliphatic heterocycles. The van der Waals surface area contributed by atoms with E-state index in [1.165, 1.54) is 18.9 Å². The van der Waals surface area contributed by atoms with E-state index in [0.717, 1.165) is 29.2 Å². The molecule has 1 aromatic rings. The predicted molar refractivity (Wildman–Crippen MR) is 78.3 cm³/mol. The third-order valence-electron chi connectivity index (χ3n) is 3.95. The molecular formula is C15H21BrFN. The number of hydrogen-bond acceptors (Lipinski definition) is 1. The lowest BCUT2D eigenvalue weighted by Crippen LogP contribution is -2.29. The molecule has 1 aliphatic rings. The SMILES string of the molecule is CC(C)C1CCCC(Nc2ccc(Br)cc2F)C1. The average Bonchev–Trinajstić information content (AvgIpc) is 2.33. The lowest BCUT2D eigenvalue weighted by molar-refractivity contribution is 0.264. The molecular weight excluding hydrogens is 293 g/mol. The van der Waals surface area contributed by atoms with Crippen LogP contribution in [-0.2, 0) is 0 Å². The molecule has 0 saturated heterocycles. The van der Waals surface area contributed by atoms with E-state index in [-0.39, 0.29) is 5.82 Å². The van der Waals surface area contributed by atoms with Gasteiger partial charge in [0.15, 0.2) is 0 Å². The summed E-state index contributed by atoms with van der Waals surface area (Å²) in [5.74, 6) is 1.33. The second-order valence-electron chi connectivity index (χ2n) is 5.64. The van der Waals surface area contributed by atoms with Crippen LogP contribution in [0.3, 0.4) is 0 Å². The van der Waals surface area contributed by atoms with Crippen molar-refractivity contribution >= 4 is 21.6 Å². The number of rotatable bonds is 3. The lowest BCUT2D eigenvalue weighted by atomic mass is 9.79. The van der Waals surface area contributed by atoms with Crippen molar-refractivity contribution in [3.63, 3.8) is 0 Å². The van der Waals surface area contributed by atoms with Crippen molar-refractivity contribution in [2.24, 2.45) is 11.8 Å². The Morgan fingerprint density at radius 2 is 2.11 bits per heavy atom. The fourth-order valence-electron chi connectivity index (χ4n) is 2.79. The van der Waals surface area contributed by atoms with Gasteiger partial charge in [-0.1, -0.05) is 42.6 Å². The van der Waals surface area contributed by atoms with Gasteiger partial charge in [0.1, 0.15) is 5.82 Å². The van der Waals surface area contributed by atoms with E-state index in [1.807, 2.05) is 12.1 Å². The van der Waals surface area contributed by atoms with E-state index in [9.17, 15) is 4.39 Å². The van der Waals surface area contributed by atoms with Gasteiger partial charge in [0.2, 0.25) is 0 Å². The van der Waals surface area contributed by atoms with Gasteiger partial charge in [-0.15, -0.1) is 0 Å². The van der Waals surface area contributed by atoms with Crippen LogP contribution < -0.4 is 5.32 Å². The molecule has 1 nitrogen and oxygen atoms in total. The van der Waals surface area contributed by atoms with Crippen molar-refractivity contribution in [2.45, 2.75) is 45.6 Å². The van der Waals surface area contributed by atoms with Crippen molar-refractivity contribution in [3.05, 3.63) is 28.5 Å². The molecule has 1 aliphatic carbocycles. The van der Waals surface area contributed by atoms with Crippen LogP contribution in [0.25, 0.3) is 0 Å². The molecule has 0 amide bonds. The molecule has 2 atom stereocenters. The normalized spacial score (nSPS) is 24.3. The molecule has 0 aromatic heterocycles. The molecule has 18 heavy (non-hydrogen) atoms. The molecule has 3 heteroatoms. The minimum Gasteiger partial charge on any atom is -0.380 e. The van der Waals surface area contributed by atoms with Gasteiger partial charge in [-0.2, -0.15) is 0 Å². The van der Waals surface area contributed by atoms with Crippen LogP contribution in [0.4, 0.5) is 10.1 Å². The second-order valence-corrected chi connectivity index (χ2v) is 6.55. The summed E-state index contributed by atoms with van der Waals surface area (Å²) in [4.78, 5) is 0. The van der Waals surface area contributed by atoms with Gasteiger partial charge in [0.25, 0.3) is 0 Å². The Morgan fingerprint density at radius 1 is 1.33 bits per heavy atom. The Morgan fingerprint density at radius 3 is 2.78 bits per heavy atom. The monoisotopic (exact) mass is 313 g/mol. The van der Waals surface area contributed by atoms with Crippen LogP contribution in [0.15, 0.2) is 22.7 Å².